The zero-order valence-corrected chi connectivity index (χ0v) is 23.3. The zero-order chi connectivity index (χ0) is 24.4. The fourth-order valence-electron chi connectivity index (χ4n) is 4.18. The minimum atomic E-state index is -2.92. The van der Waals surface area contributed by atoms with Gasteiger partial charge in [-0.05, 0) is 36.5 Å². The van der Waals surface area contributed by atoms with Crippen molar-refractivity contribution in [2.24, 2.45) is 23.7 Å². The second-order valence-electron chi connectivity index (χ2n) is 10.7. The summed E-state index contributed by atoms with van der Waals surface area (Å²) in [7, 11) is -1.36. The Morgan fingerprint density at radius 3 is 1.72 bits per heavy atom. The number of rotatable bonds is 21. The Labute approximate surface area is 201 Å². The van der Waals surface area contributed by atoms with Gasteiger partial charge in [-0.2, -0.15) is 0 Å². The molecule has 0 radical (unpaired) electrons. The highest BCUT2D eigenvalue weighted by Crippen LogP contribution is 2.22. The molecule has 0 amide bonds. The first-order valence-corrected chi connectivity index (χ1v) is 15.0. The lowest BCUT2D eigenvalue weighted by Crippen LogP contribution is -2.25. The maximum absolute atomic E-state index is 12.0. The summed E-state index contributed by atoms with van der Waals surface area (Å²) in [6.45, 7) is 14.7. The van der Waals surface area contributed by atoms with Gasteiger partial charge in [-0.15, -0.1) is 0 Å². The van der Waals surface area contributed by atoms with Crippen molar-refractivity contribution in [2.45, 2.75) is 118 Å². The third-order valence-electron chi connectivity index (χ3n) is 6.47. The summed E-state index contributed by atoms with van der Waals surface area (Å²) < 4.78 is 32.9. The summed E-state index contributed by atoms with van der Waals surface area (Å²) in [6.07, 6.45) is 13.5. The Hall–Kier alpha value is -0.100. The average molecular weight is 477 g/mol. The van der Waals surface area contributed by atoms with Crippen LogP contribution < -0.4 is 0 Å². The van der Waals surface area contributed by atoms with Crippen molar-refractivity contribution in [1.82, 2.24) is 0 Å². The molecule has 0 aliphatic heterocycles. The minimum Gasteiger partial charge on any atom is -0.378 e. The molecule has 0 bridgehead atoms. The maximum Gasteiger partial charge on any atom is 0.108 e. The van der Waals surface area contributed by atoms with E-state index in [2.05, 4.69) is 34.6 Å². The molecule has 5 heteroatoms. The lowest BCUT2D eigenvalue weighted by atomic mass is 9.91. The number of methoxy groups -OCH3 is 1. The lowest BCUT2D eigenvalue weighted by molar-refractivity contribution is 0.0403. The minimum absolute atomic E-state index is 0.277. The lowest BCUT2D eigenvalue weighted by Gasteiger charge is -2.17. The fraction of sp³-hybridized carbons (Fsp3) is 0.963. The van der Waals surface area contributed by atoms with Crippen molar-refractivity contribution in [2.75, 3.05) is 26.1 Å². The number of hydrogen-bond donors (Lipinski definition) is 1. The van der Waals surface area contributed by atoms with Crippen LogP contribution in [-0.2, 0) is 19.3 Å². The predicted octanol–water partition coefficient (Wildman–Crippen LogP) is 7.45. The number of ether oxygens (including phenoxy) is 2. The van der Waals surface area contributed by atoms with E-state index >= 15 is 0 Å². The quantitative estimate of drug-likeness (QED) is 0.138. The van der Waals surface area contributed by atoms with Crippen molar-refractivity contribution < 1.29 is 18.2 Å². The van der Waals surface area contributed by atoms with Crippen LogP contribution in [0.25, 0.3) is 0 Å². The molecule has 0 saturated carbocycles. The maximum atomic E-state index is 12.0. The van der Waals surface area contributed by atoms with E-state index in [9.17, 15) is 8.76 Å². The molecule has 0 heterocycles. The van der Waals surface area contributed by atoms with Gasteiger partial charge in [0.25, 0.3) is 0 Å². The first-order valence-electron chi connectivity index (χ1n) is 13.3. The van der Waals surface area contributed by atoms with E-state index in [0.29, 0.717) is 25.6 Å². The summed E-state index contributed by atoms with van der Waals surface area (Å²) >= 11 is 0. The molecule has 0 aromatic rings. The molecule has 0 aliphatic rings. The molecule has 0 fully saturated rings. The highest BCUT2D eigenvalue weighted by atomic mass is 32.2. The van der Waals surface area contributed by atoms with Gasteiger partial charge in [-0.3, -0.25) is 0 Å². The van der Waals surface area contributed by atoms with Crippen LogP contribution >= 0.6 is 0 Å². The van der Waals surface area contributed by atoms with E-state index in [1.807, 2.05) is 6.92 Å². The summed E-state index contributed by atoms with van der Waals surface area (Å²) in [4.78, 5) is 0. The van der Waals surface area contributed by atoms with Gasteiger partial charge >= 0.3 is 0 Å². The van der Waals surface area contributed by atoms with Gasteiger partial charge in [0.15, 0.2) is 0 Å². The van der Waals surface area contributed by atoms with Crippen molar-refractivity contribution in [3.05, 3.63) is 0 Å². The van der Waals surface area contributed by atoms with E-state index in [4.69, 9.17) is 9.47 Å². The summed E-state index contributed by atoms with van der Waals surface area (Å²) in [5.41, 5.74) is 0. The van der Waals surface area contributed by atoms with Crippen LogP contribution in [0.2, 0.25) is 0 Å². The molecule has 0 saturated heterocycles. The van der Waals surface area contributed by atoms with Crippen molar-refractivity contribution >= 4 is 15.2 Å². The molecular weight excluding hydrogens is 420 g/mol. The molecule has 0 spiro atoms. The Balaban J connectivity index is 3.83. The van der Waals surface area contributed by atoms with Crippen LogP contribution in [0.15, 0.2) is 0 Å². The second kappa shape index (κ2) is 19.2. The fourth-order valence-corrected chi connectivity index (χ4v) is 5.57. The second-order valence-corrected chi connectivity index (χ2v) is 12.7. The van der Waals surface area contributed by atoms with Gasteiger partial charge in [0.05, 0.1) is 16.4 Å². The SMILES string of the molecule is CCCS(=O)(O)=CC(COCCC(C)CCCC(C)CCCC(C)CCCC(C)C)OC. The van der Waals surface area contributed by atoms with Crippen LogP contribution in [-0.4, -0.2) is 46.3 Å². The Bertz CT molecular complexity index is 540. The van der Waals surface area contributed by atoms with E-state index in [1.165, 1.54) is 63.2 Å². The number of hydrogen-bond acceptors (Lipinski definition) is 3. The molecule has 0 aromatic heterocycles. The molecule has 5 atom stereocenters. The molecule has 194 valence electrons. The van der Waals surface area contributed by atoms with Crippen LogP contribution in [0, 0.1) is 23.7 Å². The third kappa shape index (κ3) is 19.4. The summed E-state index contributed by atoms with van der Waals surface area (Å²) in [5, 5.41) is 1.41. The summed E-state index contributed by atoms with van der Waals surface area (Å²) in [5.74, 6) is 3.48. The van der Waals surface area contributed by atoms with Crippen molar-refractivity contribution in [1.29, 1.82) is 0 Å². The topological polar surface area (TPSA) is 55.8 Å². The van der Waals surface area contributed by atoms with Gasteiger partial charge in [0.2, 0.25) is 0 Å². The van der Waals surface area contributed by atoms with Gasteiger partial charge in [0.1, 0.15) is 6.10 Å². The standard InChI is InChI=1S/C27H56O4S/c1-8-20-32(28,29)22-27(30-7)21-31-19-18-26(6)17-11-16-25(5)15-10-14-24(4)13-9-12-23(2)3/h22-27H,8-21H2,1-7H3,(H,28,29). The molecule has 32 heavy (non-hydrogen) atoms. The molecule has 0 aromatic carbocycles. The normalized spacial score (nSPS) is 17.7. The largest absolute Gasteiger partial charge is 0.378 e. The first kappa shape index (κ1) is 31.9. The summed E-state index contributed by atoms with van der Waals surface area (Å²) in [6, 6.07) is 0. The van der Waals surface area contributed by atoms with E-state index in [0.717, 1.165) is 24.2 Å². The van der Waals surface area contributed by atoms with Crippen LogP contribution in [0.1, 0.15) is 112 Å². The van der Waals surface area contributed by atoms with Crippen LogP contribution in [0.4, 0.5) is 0 Å². The Morgan fingerprint density at radius 1 is 0.812 bits per heavy atom. The predicted molar refractivity (Wildman–Crippen MR) is 142 cm³/mol. The third-order valence-corrected chi connectivity index (χ3v) is 8.19. The molecule has 5 unspecified atom stereocenters. The van der Waals surface area contributed by atoms with Crippen LogP contribution in [0.3, 0.4) is 0 Å². The Kier molecular flexibility index (Phi) is 19.2. The van der Waals surface area contributed by atoms with E-state index in [1.54, 1.807) is 7.11 Å². The van der Waals surface area contributed by atoms with Gasteiger partial charge < -0.3 is 14.0 Å². The van der Waals surface area contributed by atoms with E-state index in [-0.39, 0.29) is 5.75 Å². The smallest absolute Gasteiger partial charge is 0.108 e. The van der Waals surface area contributed by atoms with Gasteiger partial charge in [0, 0.05) is 24.8 Å². The molecule has 0 aliphatic carbocycles. The van der Waals surface area contributed by atoms with Crippen LogP contribution in [0.5, 0.6) is 0 Å². The highest BCUT2D eigenvalue weighted by Gasteiger charge is 2.11. The van der Waals surface area contributed by atoms with Gasteiger partial charge in [-0.25, -0.2) is 4.21 Å². The molecular formula is C27H56O4S. The Morgan fingerprint density at radius 2 is 1.28 bits per heavy atom. The van der Waals surface area contributed by atoms with Gasteiger partial charge in [-0.1, -0.05) is 99.3 Å². The zero-order valence-electron chi connectivity index (χ0n) is 22.4. The first-order chi connectivity index (χ1) is 15.1. The van der Waals surface area contributed by atoms with E-state index < -0.39 is 15.9 Å². The highest BCUT2D eigenvalue weighted by molar-refractivity contribution is 7.96. The molecule has 0 rings (SSSR count). The average Bonchev–Trinajstić information content (AvgIpc) is 2.69. The van der Waals surface area contributed by atoms with Crippen molar-refractivity contribution in [3.63, 3.8) is 0 Å². The molecule has 1 N–H and O–H groups in total. The monoisotopic (exact) mass is 476 g/mol. The molecule has 4 nitrogen and oxygen atoms in total. The van der Waals surface area contributed by atoms with Crippen molar-refractivity contribution in [3.8, 4) is 0 Å².